The van der Waals surface area contributed by atoms with Gasteiger partial charge in [-0.25, -0.2) is 4.39 Å². The van der Waals surface area contributed by atoms with E-state index >= 15 is 0 Å². The Balaban J connectivity index is 1.74. The molecule has 0 aromatic heterocycles. The number of nitrogens with one attached hydrogen (secondary N) is 2. The summed E-state index contributed by atoms with van der Waals surface area (Å²) in [5.74, 6) is -0.846. The number of benzene rings is 2. The first-order chi connectivity index (χ1) is 11.5. The van der Waals surface area contributed by atoms with Crippen molar-refractivity contribution in [3.8, 4) is 0 Å². The number of aryl methyl sites for hydroxylation is 2. The van der Waals surface area contributed by atoms with Gasteiger partial charge in [0.15, 0.2) is 0 Å². The molecule has 0 bridgehead atoms. The van der Waals surface area contributed by atoms with Crippen LogP contribution in [0.1, 0.15) is 27.0 Å². The van der Waals surface area contributed by atoms with Crippen molar-refractivity contribution in [1.82, 2.24) is 10.6 Å². The predicted octanol–water partition coefficient (Wildman–Crippen LogP) is 2.53. The van der Waals surface area contributed by atoms with E-state index in [-0.39, 0.29) is 24.2 Å². The van der Waals surface area contributed by atoms with Gasteiger partial charge in [-0.05, 0) is 61.2 Å². The third kappa shape index (κ3) is 5.19. The SMILES string of the molecule is Cc1ccc(C(=O)NCC(=O)NCCc2cccc(F)c2)cc1C. The summed E-state index contributed by atoms with van der Waals surface area (Å²) in [6.07, 6.45) is 0.536. The Morgan fingerprint density at radius 1 is 1.00 bits per heavy atom. The lowest BCUT2D eigenvalue weighted by Crippen LogP contribution is -2.37. The van der Waals surface area contributed by atoms with Gasteiger partial charge in [0.1, 0.15) is 5.82 Å². The van der Waals surface area contributed by atoms with Crippen LogP contribution in [-0.2, 0) is 11.2 Å². The number of carbonyl (C=O) groups excluding carboxylic acids is 2. The number of hydrogen-bond acceptors (Lipinski definition) is 2. The summed E-state index contributed by atoms with van der Waals surface area (Å²) in [5.41, 5.74) is 3.49. The van der Waals surface area contributed by atoms with Gasteiger partial charge in [-0.2, -0.15) is 0 Å². The van der Waals surface area contributed by atoms with Crippen LogP contribution in [0.25, 0.3) is 0 Å². The maximum absolute atomic E-state index is 13.0. The summed E-state index contributed by atoms with van der Waals surface area (Å²) >= 11 is 0. The zero-order chi connectivity index (χ0) is 17.5. The fourth-order valence-corrected chi connectivity index (χ4v) is 2.25. The van der Waals surface area contributed by atoms with Crippen molar-refractivity contribution >= 4 is 11.8 Å². The second-order valence-corrected chi connectivity index (χ2v) is 5.71. The lowest BCUT2D eigenvalue weighted by Gasteiger charge is -2.08. The first-order valence-corrected chi connectivity index (χ1v) is 7.82. The molecule has 126 valence electrons. The zero-order valence-corrected chi connectivity index (χ0v) is 13.9. The fraction of sp³-hybridized carbons (Fsp3) is 0.263. The minimum absolute atomic E-state index is 0.0884. The van der Waals surface area contributed by atoms with Crippen LogP contribution in [0.15, 0.2) is 42.5 Å². The highest BCUT2D eigenvalue weighted by atomic mass is 19.1. The Hall–Kier alpha value is -2.69. The maximum atomic E-state index is 13.0. The van der Waals surface area contributed by atoms with E-state index in [1.165, 1.54) is 12.1 Å². The summed E-state index contributed by atoms with van der Waals surface area (Å²) in [5, 5.41) is 5.29. The summed E-state index contributed by atoms with van der Waals surface area (Å²) in [4.78, 5) is 23.8. The molecule has 0 radical (unpaired) electrons. The smallest absolute Gasteiger partial charge is 0.251 e. The van der Waals surface area contributed by atoms with Gasteiger partial charge in [0.05, 0.1) is 6.54 Å². The van der Waals surface area contributed by atoms with E-state index in [9.17, 15) is 14.0 Å². The largest absolute Gasteiger partial charge is 0.354 e. The summed E-state index contributed by atoms with van der Waals surface area (Å²) in [6, 6.07) is 11.7. The fourth-order valence-electron chi connectivity index (χ4n) is 2.25. The lowest BCUT2D eigenvalue weighted by molar-refractivity contribution is -0.120. The van der Waals surface area contributed by atoms with Gasteiger partial charge < -0.3 is 10.6 Å². The quantitative estimate of drug-likeness (QED) is 0.856. The van der Waals surface area contributed by atoms with Gasteiger partial charge in [-0.3, -0.25) is 9.59 Å². The topological polar surface area (TPSA) is 58.2 Å². The average Bonchev–Trinajstić information content (AvgIpc) is 2.55. The first kappa shape index (κ1) is 17.7. The minimum Gasteiger partial charge on any atom is -0.354 e. The van der Waals surface area contributed by atoms with Gasteiger partial charge in [0.25, 0.3) is 5.91 Å². The Labute approximate surface area is 141 Å². The lowest BCUT2D eigenvalue weighted by atomic mass is 10.1. The van der Waals surface area contributed by atoms with E-state index in [4.69, 9.17) is 0 Å². The van der Waals surface area contributed by atoms with Crippen LogP contribution in [-0.4, -0.2) is 24.9 Å². The number of carbonyl (C=O) groups is 2. The van der Waals surface area contributed by atoms with E-state index in [1.807, 2.05) is 19.9 Å². The van der Waals surface area contributed by atoms with Crippen molar-refractivity contribution in [2.24, 2.45) is 0 Å². The molecular weight excluding hydrogens is 307 g/mol. The molecule has 0 aliphatic rings. The highest BCUT2D eigenvalue weighted by Crippen LogP contribution is 2.09. The van der Waals surface area contributed by atoms with E-state index < -0.39 is 0 Å². The normalized spacial score (nSPS) is 10.3. The first-order valence-electron chi connectivity index (χ1n) is 7.82. The van der Waals surface area contributed by atoms with Crippen LogP contribution in [0.5, 0.6) is 0 Å². The number of rotatable bonds is 6. The van der Waals surface area contributed by atoms with Gasteiger partial charge in [-0.15, -0.1) is 0 Å². The standard InChI is InChI=1S/C19H21FN2O2/c1-13-6-7-16(10-14(13)2)19(24)22-12-18(23)21-9-8-15-4-3-5-17(20)11-15/h3-7,10-11H,8-9,12H2,1-2H3,(H,21,23)(H,22,24). The van der Waals surface area contributed by atoms with Crippen LogP contribution in [0.2, 0.25) is 0 Å². The molecule has 0 unspecified atom stereocenters. The second kappa shape index (κ2) is 8.24. The molecule has 2 N–H and O–H groups in total. The monoisotopic (exact) mass is 328 g/mol. The molecule has 2 aromatic carbocycles. The summed E-state index contributed by atoms with van der Waals surface area (Å²) in [6.45, 7) is 4.21. The number of hydrogen-bond donors (Lipinski definition) is 2. The molecule has 0 saturated carbocycles. The molecule has 0 aliphatic carbocycles. The Morgan fingerprint density at radius 2 is 1.79 bits per heavy atom. The van der Waals surface area contributed by atoms with Crippen LogP contribution < -0.4 is 10.6 Å². The number of amides is 2. The summed E-state index contributed by atoms with van der Waals surface area (Å²) < 4.78 is 13.0. The molecule has 0 atom stereocenters. The van der Waals surface area contributed by atoms with E-state index in [1.54, 1.807) is 24.3 Å². The highest BCUT2D eigenvalue weighted by molar-refractivity contribution is 5.96. The molecule has 0 aliphatic heterocycles. The molecule has 0 spiro atoms. The maximum Gasteiger partial charge on any atom is 0.251 e. The molecule has 2 rings (SSSR count). The van der Waals surface area contributed by atoms with Crippen LogP contribution in [0, 0.1) is 19.7 Å². The van der Waals surface area contributed by atoms with E-state index in [0.717, 1.165) is 16.7 Å². The van der Waals surface area contributed by atoms with Crippen molar-refractivity contribution in [3.63, 3.8) is 0 Å². The van der Waals surface area contributed by atoms with Crippen molar-refractivity contribution in [3.05, 3.63) is 70.5 Å². The Kier molecular flexibility index (Phi) is 6.07. The molecule has 0 heterocycles. The summed E-state index contributed by atoms with van der Waals surface area (Å²) in [7, 11) is 0. The van der Waals surface area contributed by atoms with Crippen molar-refractivity contribution in [1.29, 1.82) is 0 Å². The van der Waals surface area contributed by atoms with E-state index in [2.05, 4.69) is 10.6 Å². The molecule has 4 nitrogen and oxygen atoms in total. The van der Waals surface area contributed by atoms with Crippen molar-refractivity contribution < 1.29 is 14.0 Å². The molecular formula is C19H21FN2O2. The molecule has 24 heavy (non-hydrogen) atoms. The third-order valence-corrected chi connectivity index (χ3v) is 3.80. The number of halogens is 1. The van der Waals surface area contributed by atoms with Gasteiger partial charge in [0.2, 0.25) is 5.91 Å². The molecule has 0 saturated heterocycles. The van der Waals surface area contributed by atoms with Crippen LogP contribution in [0.3, 0.4) is 0 Å². The minimum atomic E-state index is -0.292. The van der Waals surface area contributed by atoms with Crippen LogP contribution in [0.4, 0.5) is 4.39 Å². The molecule has 2 amide bonds. The van der Waals surface area contributed by atoms with Crippen molar-refractivity contribution in [2.45, 2.75) is 20.3 Å². The van der Waals surface area contributed by atoms with Gasteiger partial charge in [-0.1, -0.05) is 18.2 Å². The molecule has 5 heteroatoms. The van der Waals surface area contributed by atoms with Gasteiger partial charge >= 0.3 is 0 Å². The Bertz CT molecular complexity index is 744. The van der Waals surface area contributed by atoms with Gasteiger partial charge in [0, 0.05) is 12.1 Å². The van der Waals surface area contributed by atoms with E-state index in [0.29, 0.717) is 18.5 Å². The molecule has 0 fully saturated rings. The van der Waals surface area contributed by atoms with Crippen molar-refractivity contribution in [2.75, 3.05) is 13.1 Å². The van der Waals surface area contributed by atoms with Crippen LogP contribution >= 0.6 is 0 Å². The second-order valence-electron chi connectivity index (χ2n) is 5.71. The zero-order valence-electron chi connectivity index (χ0n) is 13.9. The average molecular weight is 328 g/mol. The highest BCUT2D eigenvalue weighted by Gasteiger charge is 2.08. The Morgan fingerprint density at radius 3 is 2.50 bits per heavy atom. The molecule has 2 aromatic rings. The predicted molar refractivity (Wildman–Crippen MR) is 91.4 cm³/mol. The third-order valence-electron chi connectivity index (χ3n) is 3.80.